The van der Waals surface area contributed by atoms with E-state index in [4.69, 9.17) is 19.5 Å². The van der Waals surface area contributed by atoms with Crippen LogP contribution in [-0.2, 0) is 9.47 Å². The van der Waals surface area contributed by atoms with E-state index in [-0.39, 0.29) is 23.6 Å². The number of nitrogens with zero attached hydrogens (tertiary/aromatic N) is 7. The number of hydrogen-bond acceptors (Lipinski definition) is 15. The summed E-state index contributed by atoms with van der Waals surface area (Å²) in [6.07, 6.45) is 9.73. The Morgan fingerprint density at radius 2 is 1.56 bits per heavy atom. The Bertz CT molecular complexity index is 2770. The molecule has 0 aliphatic heterocycles. The monoisotopic (exact) mass is 766 g/mol. The van der Waals surface area contributed by atoms with Gasteiger partial charge in [0, 0.05) is 23.4 Å². The number of nitrogens with one attached hydrogen (secondary N) is 3. The summed E-state index contributed by atoms with van der Waals surface area (Å²) >= 11 is 2.58. The second-order valence-corrected chi connectivity index (χ2v) is 14.6. The minimum absolute atomic E-state index is 0.229. The van der Waals surface area contributed by atoms with Crippen molar-refractivity contribution in [3.63, 3.8) is 0 Å². The highest BCUT2D eigenvalue weighted by Gasteiger charge is 2.24. The van der Waals surface area contributed by atoms with Gasteiger partial charge in [0.25, 0.3) is 0 Å². The Morgan fingerprint density at radius 3 is 2.15 bits per heavy atom. The number of fused-ring (bicyclic) bond motifs is 2. The molecule has 54 heavy (non-hydrogen) atoms. The van der Waals surface area contributed by atoms with Crippen LogP contribution in [0.3, 0.4) is 0 Å². The summed E-state index contributed by atoms with van der Waals surface area (Å²) in [5.74, 6) is -0.250. The van der Waals surface area contributed by atoms with Crippen LogP contribution in [0.4, 0.5) is 5.82 Å². The van der Waals surface area contributed by atoms with Gasteiger partial charge in [-0.2, -0.15) is 19.2 Å². The number of esters is 2. The molecule has 0 amide bonds. The maximum absolute atomic E-state index is 11.8. The van der Waals surface area contributed by atoms with Gasteiger partial charge in [0.05, 0.1) is 59.4 Å². The van der Waals surface area contributed by atoms with Crippen LogP contribution in [0.2, 0.25) is 0 Å². The average Bonchev–Trinajstić information content (AvgIpc) is 3.80. The van der Waals surface area contributed by atoms with E-state index in [0.29, 0.717) is 54.7 Å². The number of carbonyl (C=O) groups is 3. The molecule has 4 N–H and O–H groups in total. The lowest BCUT2D eigenvalue weighted by molar-refractivity contribution is 0.0597. The second-order valence-electron chi connectivity index (χ2n) is 12.4. The van der Waals surface area contributed by atoms with Crippen molar-refractivity contribution in [1.82, 2.24) is 39.2 Å². The van der Waals surface area contributed by atoms with Crippen LogP contribution in [0, 0.1) is 0 Å². The molecule has 0 unspecified atom stereocenters. The molecule has 7 aromatic rings. The highest BCUT2D eigenvalue weighted by molar-refractivity contribution is 7.17. The number of aromatic amines is 2. The van der Waals surface area contributed by atoms with Crippen molar-refractivity contribution in [1.29, 1.82) is 0 Å². The summed E-state index contributed by atoms with van der Waals surface area (Å²) in [6.45, 7) is 0. The molecule has 2 aliphatic carbocycles. The SMILES string of the molecule is COC(=O)c1ccc(-c2cc(=NC3CC3)n3ncc(=Cc4[nH]c(=O)[nH]c4O)c3n2)s1.COC(=O)c1ccc(-c2cc(NC3CC3)n3ncc(C=O)c3n2)s1. The van der Waals surface area contributed by atoms with Crippen LogP contribution in [0.15, 0.2) is 58.6 Å². The molecule has 0 aromatic carbocycles. The molecule has 7 aromatic heterocycles. The number of thiophene rings is 2. The fraction of sp³-hybridized carbons (Fsp3) is 0.229. The first-order chi connectivity index (χ1) is 26.2. The summed E-state index contributed by atoms with van der Waals surface area (Å²) in [5.41, 5.74) is 3.14. The molecule has 2 fully saturated rings. The molecule has 7 heterocycles. The predicted molar refractivity (Wildman–Crippen MR) is 198 cm³/mol. The van der Waals surface area contributed by atoms with Crippen molar-refractivity contribution in [3.8, 4) is 27.0 Å². The number of carbonyl (C=O) groups excluding carboxylic acids is 3. The van der Waals surface area contributed by atoms with Crippen LogP contribution in [0.5, 0.6) is 5.88 Å². The second kappa shape index (κ2) is 14.2. The number of aromatic nitrogens is 8. The van der Waals surface area contributed by atoms with Crippen molar-refractivity contribution in [2.75, 3.05) is 19.5 Å². The maximum atomic E-state index is 11.8. The maximum Gasteiger partial charge on any atom is 0.348 e. The molecule has 2 aliphatic rings. The number of aromatic hydroxyl groups is 1. The first-order valence-electron chi connectivity index (χ1n) is 16.6. The topological polar surface area (TPSA) is 223 Å². The summed E-state index contributed by atoms with van der Waals surface area (Å²) in [4.78, 5) is 67.5. The van der Waals surface area contributed by atoms with Crippen molar-refractivity contribution >= 4 is 64.1 Å². The minimum Gasteiger partial charge on any atom is -0.493 e. The molecule has 0 bridgehead atoms. The first-order valence-corrected chi connectivity index (χ1v) is 18.3. The van der Waals surface area contributed by atoms with Crippen molar-refractivity contribution in [2.45, 2.75) is 37.8 Å². The lowest BCUT2D eigenvalue weighted by Crippen LogP contribution is -2.19. The Hall–Kier alpha value is -6.47. The van der Waals surface area contributed by atoms with E-state index < -0.39 is 11.7 Å². The van der Waals surface area contributed by atoms with Gasteiger partial charge in [-0.25, -0.2) is 24.4 Å². The number of methoxy groups -OCH3 is 2. The first kappa shape index (κ1) is 34.6. The molecule has 17 nitrogen and oxygen atoms in total. The largest absolute Gasteiger partial charge is 0.493 e. The number of rotatable bonds is 9. The minimum atomic E-state index is -0.512. The Morgan fingerprint density at radius 1 is 0.907 bits per heavy atom. The molecule has 0 radical (unpaired) electrons. The van der Waals surface area contributed by atoms with E-state index >= 15 is 0 Å². The van der Waals surface area contributed by atoms with Gasteiger partial charge >= 0.3 is 17.6 Å². The van der Waals surface area contributed by atoms with Crippen molar-refractivity contribution in [2.24, 2.45) is 4.99 Å². The van der Waals surface area contributed by atoms with Crippen LogP contribution in [0.1, 0.15) is 61.1 Å². The Labute approximate surface area is 311 Å². The molecular weight excluding hydrogens is 737 g/mol. The Kier molecular flexibility index (Phi) is 9.08. The fourth-order valence-electron chi connectivity index (χ4n) is 5.42. The van der Waals surface area contributed by atoms with Gasteiger partial charge in [-0.15, -0.1) is 22.7 Å². The van der Waals surface area contributed by atoms with Gasteiger partial charge in [0.15, 0.2) is 23.1 Å². The zero-order chi connectivity index (χ0) is 37.5. The number of anilines is 1. The number of aldehydes is 1. The molecule has 0 saturated heterocycles. The standard InChI is InChI=1S/C19H16N6O4S.C16H14N4O3S/c1-29-18(27)14-5-4-13(30-14)11-7-15(21-10-2-3-10)25-16(22-11)9(8-20-25)6-12-17(26)24-19(28)23-12;1-23-16(22)13-5-4-12(24-13)11-6-14(18-10-2-3-10)20-15(19-11)9(8-21)7-17-20/h4-8,10,26H,2-3H2,1H3,(H2,23,24,28);4-8,10,18H,2-3H2,1H3. The van der Waals surface area contributed by atoms with Gasteiger partial charge in [-0.05, 0) is 56.0 Å². The summed E-state index contributed by atoms with van der Waals surface area (Å²) in [5, 5.41) is 22.5. The third-order valence-corrected chi connectivity index (χ3v) is 10.6. The lowest BCUT2D eigenvalue weighted by atomic mass is 10.3. The number of ether oxygens (including phenoxy) is 2. The summed E-state index contributed by atoms with van der Waals surface area (Å²) < 4.78 is 12.8. The lowest BCUT2D eigenvalue weighted by Gasteiger charge is -2.09. The van der Waals surface area contributed by atoms with Gasteiger partial charge in [-0.1, -0.05) is 0 Å². The van der Waals surface area contributed by atoms with E-state index in [9.17, 15) is 24.3 Å². The third-order valence-electron chi connectivity index (χ3n) is 8.42. The van der Waals surface area contributed by atoms with Gasteiger partial charge in [-0.3, -0.25) is 14.8 Å². The molecule has 0 spiro atoms. The van der Waals surface area contributed by atoms with E-state index in [2.05, 4.69) is 30.5 Å². The number of imidazole rings is 1. The number of H-pyrrole nitrogens is 2. The van der Waals surface area contributed by atoms with Crippen molar-refractivity contribution < 1.29 is 29.0 Å². The van der Waals surface area contributed by atoms with Crippen LogP contribution in [-0.4, -0.2) is 88.8 Å². The van der Waals surface area contributed by atoms with E-state index in [0.717, 1.165) is 47.5 Å². The van der Waals surface area contributed by atoms with E-state index in [1.54, 1.807) is 33.4 Å². The molecule has 0 atom stereocenters. The van der Waals surface area contributed by atoms with Gasteiger partial charge in [0.2, 0.25) is 5.88 Å². The summed E-state index contributed by atoms with van der Waals surface area (Å²) in [6, 6.07) is 11.5. The van der Waals surface area contributed by atoms with Gasteiger partial charge in [0.1, 0.15) is 21.3 Å². The van der Waals surface area contributed by atoms with Crippen LogP contribution < -0.4 is 21.7 Å². The Balaban J connectivity index is 0.000000157. The smallest absolute Gasteiger partial charge is 0.348 e. The van der Waals surface area contributed by atoms with Crippen molar-refractivity contribution in [3.05, 3.63) is 91.0 Å². The zero-order valence-corrected chi connectivity index (χ0v) is 30.2. The van der Waals surface area contributed by atoms with Crippen LogP contribution in [0.25, 0.3) is 38.5 Å². The quantitative estimate of drug-likeness (QED) is 0.123. The predicted octanol–water partition coefficient (Wildman–Crippen LogP) is 3.21. The van der Waals surface area contributed by atoms with Crippen LogP contribution >= 0.6 is 22.7 Å². The molecular formula is C35H30N10O7S2. The fourth-order valence-corrected chi connectivity index (χ4v) is 7.19. The number of hydrogen-bond donors (Lipinski definition) is 4. The molecule has 9 rings (SSSR count). The highest BCUT2D eigenvalue weighted by Crippen LogP contribution is 2.32. The van der Waals surface area contributed by atoms with Gasteiger partial charge < -0.3 is 24.9 Å². The average molecular weight is 767 g/mol. The normalized spacial score (nSPS) is 14.6. The summed E-state index contributed by atoms with van der Waals surface area (Å²) in [7, 11) is 2.69. The molecule has 274 valence electrons. The molecule has 2 saturated carbocycles. The zero-order valence-electron chi connectivity index (χ0n) is 28.6. The highest BCUT2D eigenvalue weighted by atomic mass is 32.1. The molecule has 19 heteroatoms. The van der Waals surface area contributed by atoms with E-state index in [1.807, 2.05) is 24.3 Å². The van der Waals surface area contributed by atoms with E-state index in [1.165, 1.54) is 43.1 Å². The third kappa shape index (κ3) is 7.00.